The van der Waals surface area contributed by atoms with Crippen molar-refractivity contribution in [3.63, 3.8) is 0 Å². The van der Waals surface area contributed by atoms with Crippen molar-refractivity contribution in [1.29, 1.82) is 0 Å². The van der Waals surface area contributed by atoms with E-state index in [-0.39, 0.29) is 5.97 Å². The molecular weight excluding hydrogens is 274 g/mol. The van der Waals surface area contributed by atoms with Gasteiger partial charge in [-0.3, -0.25) is 0 Å². The molecule has 0 aliphatic carbocycles. The number of aromatic nitrogens is 2. The summed E-state index contributed by atoms with van der Waals surface area (Å²) >= 11 is 1.37. The number of hydrogen-bond donors (Lipinski definition) is 2. The number of nitrogens with zero attached hydrogens (tertiary/aromatic N) is 1. The van der Waals surface area contributed by atoms with Gasteiger partial charge < -0.3 is 15.5 Å². The summed E-state index contributed by atoms with van der Waals surface area (Å²) in [5.74, 6) is -0.331. The van der Waals surface area contributed by atoms with Gasteiger partial charge in [-0.2, -0.15) is 0 Å². The molecule has 1 aromatic carbocycles. The highest BCUT2D eigenvalue weighted by Crippen LogP contribution is 2.32. The molecule has 2 aromatic heterocycles. The summed E-state index contributed by atoms with van der Waals surface area (Å²) in [6.07, 6.45) is 1.84. The molecule has 0 saturated carbocycles. The lowest BCUT2D eigenvalue weighted by atomic mass is 10.0. The standard InChI is InChI=1S/C14H13N3O2S/c1-2-19-13(18)8-4-3-5-10-12(8)9(6-16-10)11-7-20-14(15)17-11/h3-7,16H,2H2,1H3,(H2,15,17). The summed E-state index contributed by atoms with van der Waals surface area (Å²) in [7, 11) is 0. The molecule has 0 aliphatic heterocycles. The Morgan fingerprint density at radius 3 is 3.05 bits per heavy atom. The van der Waals surface area contributed by atoms with Gasteiger partial charge in [0.2, 0.25) is 0 Å². The van der Waals surface area contributed by atoms with Gasteiger partial charge in [-0.05, 0) is 19.1 Å². The first-order valence-electron chi connectivity index (χ1n) is 6.19. The van der Waals surface area contributed by atoms with Crippen molar-refractivity contribution in [1.82, 2.24) is 9.97 Å². The second-order valence-electron chi connectivity index (χ2n) is 4.22. The largest absolute Gasteiger partial charge is 0.462 e. The minimum atomic E-state index is -0.331. The molecular formula is C14H13N3O2S. The van der Waals surface area contributed by atoms with Gasteiger partial charge in [0.15, 0.2) is 5.13 Å². The van der Waals surface area contributed by atoms with Crippen LogP contribution in [0.3, 0.4) is 0 Å². The molecule has 0 atom stereocenters. The Balaban J connectivity index is 2.21. The van der Waals surface area contributed by atoms with Crippen LogP contribution in [-0.4, -0.2) is 22.5 Å². The van der Waals surface area contributed by atoms with Crippen LogP contribution in [0.1, 0.15) is 17.3 Å². The average molecular weight is 287 g/mol. The SMILES string of the molecule is CCOC(=O)c1cccc2[nH]cc(-c3csc(N)n3)c12. The van der Waals surface area contributed by atoms with Gasteiger partial charge in [0.05, 0.1) is 17.9 Å². The molecule has 3 aromatic rings. The molecule has 3 N–H and O–H groups in total. The quantitative estimate of drug-likeness (QED) is 0.725. The van der Waals surface area contributed by atoms with Crippen LogP contribution >= 0.6 is 11.3 Å². The van der Waals surface area contributed by atoms with E-state index in [1.807, 2.05) is 23.7 Å². The lowest BCUT2D eigenvalue weighted by molar-refractivity contribution is 0.0528. The molecule has 0 aliphatic rings. The number of thiazole rings is 1. The number of aromatic amines is 1. The highest BCUT2D eigenvalue weighted by molar-refractivity contribution is 7.13. The van der Waals surface area contributed by atoms with Crippen molar-refractivity contribution in [3.05, 3.63) is 35.3 Å². The highest BCUT2D eigenvalue weighted by atomic mass is 32.1. The lowest BCUT2D eigenvalue weighted by Crippen LogP contribution is -2.05. The normalized spacial score (nSPS) is 10.8. The molecule has 0 saturated heterocycles. The van der Waals surface area contributed by atoms with E-state index in [1.165, 1.54) is 11.3 Å². The smallest absolute Gasteiger partial charge is 0.338 e. The summed E-state index contributed by atoms with van der Waals surface area (Å²) in [5, 5.41) is 3.19. The Labute approximate surface area is 119 Å². The first-order chi connectivity index (χ1) is 9.70. The molecule has 0 unspecified atom stereocenters. The molecule has 5 nitrogen and oxygen atoms in total. The van der Waals surface area contributed by atoms with E-state index in [1.54, 1.807) is 13.0 Å². The molecule has 6 heteroatoms. The fourth-order valence-electron chi connectivity index (χ4n) is 2.18. The van der Waals surface area contributed by atoms with Crippen molar-refractivity contribution in [3.8, 4) is 11.3 Å². The third kappa shape index (κ3) is 2.04. The van der Waals surface area contributed by atoms with Gasteiger partial charge in [-0.1, -0.05) is 6.07 Å². The number of rotatable bonds is 3. The number of benzene rings is 1. The predicted molar refractivity (Wildman–Crippen MR) is 79.8 cm³/mol. The summed E-state index contributed by atoms with van der Waals surface area (Å²) < 4.78 is 5.11. The summed E-state index contributed by atoms with van der Waals surface area (Å²) in [6, 6.07) is 5.49. The summed E-state index contributed by atoms with van der Waals surface area (Å²) in [5.41, 5.74) is 8.70. The molecule has 0 fully saturated rings. The minimum Gasteiger partial charge on any atom is -0.462 e. The number of fused-ring (bicyclic) bond motifs is 1. The minimum absolute atomic E-state index is 0.331. The molecule has 0 spiro atoms. The van der Waals surface area contributed by atoms with E-state index in [0.717, 1.165) is 22.2 Å². The van der Waals surface area contributed by atoms with E-state index in [2.05, 4.69) is 9.97 Å². The van der Waals surface area contributed by atoms with Crippen LogP contribution in [0.25, 0.3) is 22.2 Å². The Morgan fingerprint density at radius 1 is 1.50 bits per heavy atom. The van der Waals surface area contributed by atoms with E-state index in [0.29, 0.717) is 17.3 Å². The number of ether oxygens (including phenoxy) is 1. The van der Waals surface area contributed by atoms with Crippen molar-refractivity contribution in [2.45, 2.75) is 6.92 Å². The fraction of sp³-hybridized carbons (Fsp3) is 0.143. The Morgan fingerprint density at radius 2 is 2.35 bits per heavy atom. The van der Waals surface area contributed by atoms with Crippen LogP contribution in [-0.2, 0) is 4.74 Å². The molecule has 3 rings (SSSR count). The number of nitrogens with two attached hydrogens (primary N) is 1. The number of esters is 1. The summed E-state index contributed by atoms with van der Waals surface area (Å²) in [4.78, 5) is 19.5. The van der Waals surface area contributed by atoms with Gasteiger partial charge in [0.1, 0.15) is 0 Å². The van der Waals surface area contributed by atoms with Crippen molar-refractivity contribution in [2.75, 3.05) is 12.3 Å². The molecule has 102 valence electrons. The van der Waals surface area contributed by atoms with Crippen LogP contribution in [0.15, 0.2) is 29.8 Å². The number of nitrogens with one attached hydrogen (secondary N) is 1. The van der Waals surface area contributed by atoms with Gasteiger partial charge in [0.25, 0.3) is 0 Å². The second-order valence-corrected chi connectivity index (χ2v) is 5.11. The number of anilines is 1. The first-order valence-corrected chi connectivity index (χ1v) is 7.07. The van der Waals surface area contributed by atoms with Crippen molar-refractivity contribution >= 4 is 33.3 Å². The molecule has 0 amide bonds. The fourth-order valence-corrected chi connectivity index (χ4v) is 2.74. The maximum absolute atomic E-state index is 12.1. The van der Waals surface area contributed by atoms with E-state index in [4.69, 9.17) is 10.5 Å². The molecule has 2 heterocycles. The third-order valence-electron chi connectivity index (χ3n) is 3.00. The van der Waals surface area contributed by atoms with Gasteiger partial charge in [0, 0.05) is 28.0 Å². The lowest BCUT2D eigenvalue weighted by Gasteiger charge is -2.04. The zero-order valence-corrected chi connectivity index (χ0v) is 11.7. The van der Waals surface area contributed by atoms with Crippen LogP contribution in [0.4, 0.5) is 5.13 Å². The topological polar surface area (TPSA) is 81.0 Å². The molecule has 0 radical (unpaired) electrons. The Hall–Kier alpha value is -2.34. The zero-order valence-electron chi connectivity index (χ0n) is 10.8. The third-order valence-corrected chi connectivity index (χ3v) is 3.67. The highest BCUT2D eigenvalue weighted by Gasteiger charge is 2.17. The zero-order chi connectivity index (χ0) is 14.1. The monoisotopic (exact) mass is 287 g/mol. The molecule has 0 bridgehead atoms. The second kappa shape index (κ2) is 4.97. The van der Waals surface area contributed by atoms with Gasteiger partial charge >= 0.3 is 5.97 Å². The predicted octanol–water partition coefficient (Wildman–Crippen LogP) is 3.05. The maximum atomic E-state index is 12.1. The van der Waals surface area contributed by atoms with Crippen LogP contribution in [0.2, 0.25) is 0 Å². The van der Waals surface area contributed by atoms with Gasteiger partial charge in [-0.25, -0.2) is 9.78 Å². The summed E-state index contributed by atoms with van der Waals surface area (Å²) in [6.45, 7) is 2.13. The van der Waals surface area contributed by atoms with Crippen molar-refractivity contribution < 1.29 is 9.53 Å². The van der Waals surface area contributed by atoms with Crippen molar-refractivity contribution in [2.24, 2.45) is 0 Å². The maximum Gasteiger partial charge on any atom is 0.338 e. The van der Waals surface area contributed by atoms with Crippen LogP contribution in [0.5, 0.6) is 0 Å². The molecule has 20 heavy (non-hydrogen) atoms. The van der Waals surface area contributed by atoms with E-state index in [9.17, 15) is 4.79 Å². The average Bonchev–Trinajstić information content (AvgIpc) is 3.04. The van der Waals surface area contributed by atoms with Crippen LogP contribution < -0.4 is 5.73 Å². The van der Waals surface area contributed by atoms with Crippen LogP contribution in [0, 0.1) is 0 Å². The number of hydrogen-bond acceptors (Lipinski definition) is 5. The van der Waals surface area contributed by atoms with Gasteiger partial charge in [-0.15, -0.1) is 11.3 Å². The number of carbonyl (C=O) groups excluding carboxylic acids is 1. The Kier molecular flexibility index (Phi) is 3.15. The Bertz CT molecular complexity index is 776. The number of H-pyrrole nitrogens is 1. The van der Waals surface area contributed by atoms with E-state index >= 15 is 0 Å². The first kappa shape index (κ1) is 12.7. The van der Waals surface area contributed by atoms with E-state index < -0.39 is 0 Å². The number of nitrogen functional groups attached to an aromatic ring is 1. The number of carbonyl (C=O) groups is 1.